The zero-order chi connectivity index (χ0) is 18.5. The number of benzene rings is 2. The molecule has 0 heterocycles. The zero-order valence-electron chi connectivity index (χ0n) is 14.9. The van der Waals surface area contributed by atoms with E-state index in [0.717, 1.165) is 18.5 Å². The Hall–Kier alpha value is -3.02. The summed E-state index contributed by atoms with van der Waals surface area (Å²) in [6.07, 6.45) is 1.93. The molecule has 136 valence electrons. The molecule has 0 bridgehead atoms. The van der Waals surface area contributed by atoms with Gasteiger partial charge in [0.15, 0.2) is 11.5 Å². The molecule has 0 saturated heterocycles. The lowest BCUT2D eigenvalue weighted by Crippen LogP contribution is -2.14. The van der Waals surface area contributed by atoms with Crippen molar-refractivity contribution in [2.24, 2.45) is 5.92 Å². The third-order valence-corrected chi connectivity index (χ3v) is 4.08. The number of ether oxygens (including phenoxy) is 2. The van der Waals surface area contributed by atoms with E-state index < -0.39 is 0 Å². The van der Waals surface area contributed by atoms with Crippen molar-refractivity contribution < 1.29 is 19.1 Å². The normalized spacial score (nSPS) is 13.0. The van der Waals surface area contributed by atoms with Gasteiger partial charge in [0.1, 0.15) is 0 Å². The van der Waals surface area contributed by atoms with E-state index in [1.54, 1.807) is 42.5 Å². The fourth-order valence-corrected chi connectivity index (χ4v) is 2.51. The van der Waals surface area contributed by atoms with Crippen LogP contribution >= 0.6 is 0 Å². The highest BCUT2D eigenvalue weighted by atomic mass is 16.5. The van der Waals surface area contributed by atoms with Crippen molar-refractivity contribution in [3.63, 3.8) is 0 Å². The minimum atomic E-state index is -0.249. The maximum atomic E-state index is 12.4. The molecule has 2 N–H and O–H groups in total. The first-order valence-electron chi connectivity index (χ1n) is 8.64. The highest BCUT2D eigenvalue weighted by molar-refractivity contribution is 6.04. The lowest BCUT2D eigenvalue weighted by molar-refractivity contribution is -0.117. The molecule has 0 radical (unpaired) electrons. The summed E-state index contributed by atoms with van der Waals surface area (Å²) in [4.78, 5) is 24.2. The third-order valence-electron chi connectivity index (χ3n) is 4.08. The zero-order valence-corrected chi connectivity index (χ0v) is 14.9. The van der Waals surface area contributed by atoms with Crippen LogP contribution < -0.4 is 20.1 Å². The molecule has 6 heteroatoms. The van der Waals surface area contributed by atoms with Crippen LogP contribution in [0.25, 0.3) is 0 Å². The smallest absolute Gasteiger partial charge is 0.255 e. The van der Waals surface area contributed by atoms with Gasteiger partial charge in [-0.2, -0.15) is 0 Å². The van der Waals surface area contributed by atoms with Gasteiger partial charge in [0.05, 0.1) is 13.7 Å². The number of methoxy groups -OCH3 is 1. The van der Waals surface area contributed by atoms with Crippen LogP contribution in [0.15, 0.2) is 42.5 Å². The van der Waals surface area contributed by atoms with Gasteiger partial charge < -0.3 is 20.1 Å². The van der Waals surface area contributed by atoms with Gasteiger partial charge in [0, 0.05) is 22.9 Å². The molecule has 0 aromatic heterocycles. The molecule has 3 rings (SSSR count). The summed E-state index contributed by atoms with van der Waals surface area (Å²) < 4.78 is 10.7. The first-order valence-corrected chi connectivity index (χ1v) is 8.64. The Bertz CT molecular complexity index is 798. The minimum absolute atomic E-state index is 0.0586. The maximum absolute atomic E-state index is 12.4. The molecule has 1 fully saturated rings. The van der Waals surface area contributed by atoms with E-state index in [0.29, 0.717) is 29.4 Å². The van der Waals surface area contributed by atoms with Gasteiger partial charge in [0.25, 0.3) is 5.91 Å². The van der Waals surface area contributed by atoms with Gasteiger partial charge in [0.2, 0.25) is 5.91 Å². The standard InChI is InChI=1S/C20H22N2O4/c1-3-26-17-11-6-14(12-18(17)25-2)20(24)22-16-9-7-15(8-10-16)21-19(23)13-4-5-13/h6-13H,3-5H2,1-2H3,(H,21,23)(H,22,24). The van der Waals surface area contributed by atoms with Crippen LogP contribution in [0.1, 0.15) is 30.1 Å². The Balaban J connectivity index is 1.64. The van der Waals surface area contributed by atoms with Crippen molar-refractivity contribution in [1.82, 2.24) is 0 Å². The molecule has 0 unspecified atom stereocenters. The van der Waals surface area contributed by atoms with Crippen LogP contribution in [0.3, 0.4) is 0 Å². The van der Waals surface area contributed by atoms with Gasteiger partial charge in [-0.1, -0.05) is 0 Å². The van der Waals surface area contributed by atoms with Crippen LogP contribution in [0.2, 0.25) is 0 Å². The Morgan fingerprint density at radius 3 is 2.23 bits per heavy atom. The van der Waals surface area contributed by atoms with Gasteiger partial charge >= 0.3 is 0 Å². The molecule has 1 saturated carbocycles. The number of amides is 2. The SMILES string of the molecule is CCOc1ccc(C(=O)Nc2ccc(NC(=O)C3CC3)cc2)cc1OC. The number of carbonyl (C=O) groups excluding carboxylic acids is 2. The first-order chi connectivity index (χ1) is 12.6. The van der Waals surface area contributed by atoms with Crippen LogP contribution in [0.4, 0.5) is 11.4 Å². The van der Waals surface area contributed by atoms with E-state index in [1.165, 1.54) is 7.11 Å². The lowest BCUT2D eigenvalue weighted by atomic mass is 10.1. The van der Waals surface area contributed by atoms with Gasteiger partial charge in [-0.15, -0.1) is 0 Å². The highest BCUT2D eigenvalue weighted by Crippen LogP contribution is 2.30. The summed E-state index contributed by atoms with van der Waals surface area (Å²) in [5.74, 6) is 1.08. The predicted molar refractivity (Wildman–Crippen MR) is 99.9 cm³/mol. The van der Waals surface area contributed by atoms with E-state index in [2.05, 4.69) is 10.6 Å². The molecule has 1 aliphatic rings. The van der Waals surface area contributed by atoms with Crippen LogP contribution in [0, 0.1) is 5.92 Å². The second-order valence-corrected chi connectivity index (χ2v) is 6.09. The summed E-state index contributed by atoms with van der Waals surface area (Å²) in [6, 6.07) is 12.1. The van der Waals surface area contributed by atoms with Crippen LogP contribution in [-0.2, 0) is 4.79 Å². The number of anilines is 2. The summed E-state index contributed by atoms with van der Waals surface area (Å²) in [6.45, 7) is 2.41. The monoisotopic (exact) mass is 354 g/mol. The largest absolute Gasteiger partial charge is 0.493 e. The average molecular weight is 354 g/mol. The first kappa shape index (κ1) is 17.8. The molecule has 2 aromatic rings. The average Bonchev–Trinajstić information content (AvgIpc) is 3.49. The molecular weight excluding hydrogens is 332 g/mol. The Morgan fingerprint density at radius 2 is 1.65 bits per heavy atom. The highest BCUT2D eigenvalue weighted by Gasteiger charge is 2.29. The summed E-state index contributed by atoms with van der Waals surface area (Å²) in [5.41, 5.74) is 1.84. The Morgan fingerprint density at radius 1 is 1.00 bits per heavy atom. The van der Waals surface area contributed by atoms with Crippen LogP contribution in [-0.4, -0.2) is 25.5 Å². The van der Waals surface area contributed by atoms with E-state index >= 15 is 0 Å². The van der Waals surface area contributed by atoms with Gasteiger partial charge in [-0.05, 0) is 62.2 Å². The van der Waals surface area contributed by atoms with E-state index in [4.69, 9.17) is 9.47 Å². The number of hydrogen-bond donors (Lipinski definition) is 2. The maximum Gasteiger partial charge on any atom is 0.255 e. The second-order valence-electron chi connectivity index (χ2n) is 6.09. The molecule has 0 atom stereocenters. The van der Waals surface area contributed by atoms with Crippen molar-refractivity contribution in [1.29, 1.82) is 0 Å². The molecule has 2 amide bonds. The Labute approximate surface area is 152 Å². The van der Waals surface area contributed by atoms with Crippen molar-refractivity contribution in [2.75, 3.05) is 24.4 Å². The third kappa shape index (κ3) is 4.33. The summed E-state index contributed by atoms with van der Waals surface area (Å²) in [7, 11) is 1.54. The van der Waals surface area contributed by atoms with Crippen molar-refractivity contribution in [3.8, 4) is 11.5 Å². The number of carbonyl (C=O) groups is 2. The predicted octanol–water partition coefficient (Wildman–Crippen LogP) is 3.69. The van der Waals surface area contributed by atoms with Crippen molar-refractivity contribution in [2.45, 2.75) is 19.8 Å². The summed E-state index contributed by atoms with van der Waals surface area (Å²) >= 11 is 0. The molecule has 1 aliphatic carbocycles. The molecule has 26 heavy (non-hydrogen) atoms. The quantitative estimate of drug-likeness (QED) is 0.795. The fraction of sp³-hybridized carbons (Fsp3) is 0.300. The fourth-order valence-electron chi connectivity index (χ4n) is 2.51. The molecule has 2 aromatic carbocycles. The Kier molecular flexibility index (Phi) is 5.41. The number of rotatable bonds is 7. The molecule has 0 spiro atoms. The van der Waals surface area contributed by atoms with E-state index in [9.17, 15) is 9.59 Å². The lowest BCUT2D eigenvalue weighted by Gasteiger charge is -2.11. The molecular formula is C20H22N2O4. The van der Waals surface area contributed by atoms with Gasteiger partial charge in [-0.3, -0.25) is 9.59 Å². The summed E-state index contributed by atoms with van der Waals surface area (Å²) in [5, 5.41) is 5.70. The van der Waals surface area contributed by atoms with E-state index in [1.807, 2.05) is 6.92 Å². The topological polar surface area (TPSA) is 76.7 Å². The van der Waals surface area contributed by atoms with E-state index in [-0.39, 0.29) is 17.7 Å². The number of nitrogens with one attached hydrogen (secondary N) is 2. The van der Waals surface area contributed by atoms with Gasteiger partial charge in [-0.25, -0.2) is 0 Å². The van der Waals surface area contributed by atoms with Crippen LogP contribution in [0.5, 0.6) is 11.5 Å². The minimum Gasteiger partial charge on any atom is -0.493 e. The molecule has 6 nitrogen and oxygen atoms in total. The molecule has 0 aliphatic heterocycles. The number of hydrogen-bond acceptors (Lipinski definition) is 4. The van der Waals surface area contributed by atoms with Crippen molar-refractivity contribution in [3.05, 3.63) is 48.0 Å². The van der Waals surface area contributed by atoms with Crippen molar-refractivity contribution >= 4 is 23.2 Å². The second kappa shape index (κ2) is 7.91.